The van der Waals surface area contributed by atoms with Gasteiger partial charge in [-0.25, -0.2) is 4.98 Å². The van der Waals surface area contributed by atoms with Crippen LogP contribution in [0.15, 0.2) is 30.3 Å². The minimum atomic E-state index is -0.825. The first-order chi connectivity index (χ1) is 9.67. The van der Waals surface area contributed by atoms with Crippen molar-refractivity contribution in [3.05, 3.63) is 47.2 Å². The molecule has 0 spiro atoms. The Morgan fingerprint density at radius 3 is 3.00 bits per heavy atom. The monoisotopic (exact) mass is 265 g/mol. The van der Waals surface area contributed by atoms with E-state index < -0.39 is 7.12 Å². The number of pyridine rings is 1. The number of hydrogen-bond acceptors (Lipinski definition) is 5. The van der Waals surface area contributed by atoms with Crippen LogP contribution in [0.1, 0.15) is 16.8 Å². The largest absolute Gasteiger partial charge is 0.491 e. The molecule has 1 aliphatic rings. The molecule has 0 saturated heterocycles. The standard InChI is InChI=1S/C14H12BN3O2/c1-9-10(7-16)2-5-14(17-9)18-12-3-4-13-11(6-12)8-20-15(13)19/h2-6,19H,8H2,1H3,(H,17,18). The van der Waals surface area contributed by atoms with Crippen molar-refractivity contribution >= 4 is 24.1 Å². The Morgan fingerprint density at radius 1 is 1.40 bits per heavy atom. The molecule has 98 valence electrons. The van der Waals surface area contributed by atoms with Gasteiger partial charge in [0.25, 0.3) is 0 Å². The maximum Gasteiger partial charge on any atom is 0.491 e. The Labute approximate surface area is 117 Å². The van der Waals surface area contributed by atoms with E-state index in [-0.39, 0.29) is 0 Å². The topological polar surface area (TPSA) is 78.2 Å². The zero-order valence-electron chi connectivity index (χ0n) is 10.9. The van der Waals surface area contributed by atoms with Crippen LogP contribution in [0.25, 0.3) is 0 Å². The first kappa shape index (κ1) is 12.7. The number of nitrogens with one attached hydrogen (secondary N) is 1. The third-order valence-corrected chi connectivity index (χ3v) is 3.28. The second kappa shape index (κ2) is 4.97. The summed E-state index contributed by atoms with van der Waals surface area (Å²) in [6, 6.07) is 11.2. The van der Waals surface area contributed by atoms with Gasteiger partial charge in [0.05, 0.1) is 17.9 Å². The summed E-state index contributed by atoms with van der Waals surface area (Å²) >= 11 is 0. The SMILES string of the molecule is Cc1nc(Nc2ccc3c(c2)COB3O)ccc1C#N. The molecular formula is C14H12BN3O2. The predicted octanol–water partition coefficient (Wildman–Crippen LogP) is 1.22. The highest BCUT2D eigenvalue weighted by Crippen LogP contribution is 2.19. The zero-order valence-corrected chi connectivity index (χ0v) is 10.9. The number of aromatic nitrogens is 1. The van der Waals surface area contributed by atoms with Crippen LogP contribution >= 0.6 is 0 Å². The number of aryl methyl sites for hydroxylation is 1. The van der Waals surface area contributed by atoms with Crippen LogP contribution in [0.2, 0.25) is 0 Å². The first-order valence-electron chi connectivity index (χ1n) is 6.24. The van der Waals surface area contributed by atoms with E-state index in [1.54, 1.807) is 19.1 Å². The van der Waals surface area contributed by atoms with Gasteiger partial charge in [0.15, 0.2) is 0 Å². The Morgan fingerprint density at radius 2 is 2.25 bits per heavy atom. The van der Waals surface area contributed by atoms with Crippen molar-refractivity contribution in [1.82, 2.24) is 4.98 Å². The number of rotatable bonds is 2. The molecule has 2 heterocycles. The van der Waals surface area contributed by atoms with Gasteiger partial charge in [-0.05, 0) is 42.2 Å². The van der Waals surface area contributed by atoms with Crippen LogP contribution in [-0.2, 0) is 11.3 Å². The predicted molar refractivity (Wildman–Crippen MR) is 75.8 cm³/mol. The summed E-state index contributed by atoms with van der Waals surface area (Å²) in [7, 11) is -0.825. The summed E-state index contributed by atoms with van der Waals surface area (Å²) in [6.45, 7) is 2.21. The molecule has 0 radical (unpaired) electrons. The maximum absolute atomic E-state index is 9.57. The number of nitrogens with zero attached hydrogens (tertiary/aromatic N) is 2. The molecule has 6 heteroatoms. The summed E-state index contributed by atoms with van der Waals surface area (Å²) < 4.78 is 5.15. The van der Waals surface area contributed by atoms with Gasteiger partial charge in [0.2, 0.25) is 0 Å². The summed E-state index contributed by atoms with van der Waals surface area (Å²) in [5, 5.41) is 21.6. The summed E-state index contributed by atoms with van der Waals surface area (Å²) in [6.07, 6.45) is 0. The lowest BCUT2D eigenvalue weighted by atomic mass is 9.79. The molecule has 1 aromatic carbocycles. The third kappa shape index (κ3) is 2.25. The maximum atomic E-state index is 9.57. The molecule has 3 rings (SSSR count). The second-order valence-electron chi connectivity index (χ2n) is 4.64. The lowest BCUT2D eigenvalue weighted by Gasteiger charge is -2.08. The summed E-state index contributed by atoms with van der Waals surface area (Å²) in [5.74, 6) is 0.681. The van der Waals surface area contributed by atoms with Crippen molar-refractivity contribution in [2.75, 3.05) is 5.32 Å². The van der Waals surface area contributed by atoms with Crippen molar-refractivity contribution in [1.29, 1.82) is 5.26 Å². The molecule has 5 nitrogen and oxygen atoms in total. The van der Waals surface area contributed by atoms with Crippen LogP contribution in [0.4, 0.5) is 11.5 Å². The average Bonchev–Trinajstić information content (AvgIpc) is 2.80. The molecule has 0 unspecified atom stereocenters. The van der Waals surface area contributed by atoms with Gasteiger partial charge in [0, 0.05) is 5.69 Å². The quantitative estimate of drug-likeness (QED) is 0.798. The molecule has 0 fully saturated rings. The minimum absolute atomic E-state index is 0.409. The van der Waals surface area contributed by atoms with E-state index in [9.17, 15) is 5.02 Å². The van der Waals surface area contributed by atoms with Crippen molar-refractivity contribution in [2.24, 2.45) is 0 Å². The van der Waals surface area contributed by atoms with Crippen LogP contribution in [0.5, 0.6) is 0 Å². The molecular weight excluding hydrogens is 253 g/mol. The van der Waals surface area contributed by atoms with Crippen molar-refractivity contribution in [3.63, 3.8) is 0 Å². The van der Waals surface area contributed by atoms with Crippen molar-refractivity contribution in [2.45, 2.75) is 13.5 Å². The third-order valence-electron chi connectivity index (χ3n) is 3.28. The van der Waals surface area contributed by atoms with E-state index in [2.05, 4.69) is 16.4 Å². The van der Waals surface area contributed by atoms with Crippen molar-refractivity contribution in [3.8, 4) is 6.07 Å². The molecule has 0 saturated carbocycles. The molecule has 1 aromatic heterocycles. The van der Waals surface area contributed by atoms with E-state index in [1.165, 1.54) is 0 Å². The lowest BCUT2D eigenvalue weighted by Crippen LogP contribution is -2.27. The van der Waals surface area contributed by atoms with Gasteiger partial charge >= 0.3 is 7.12 Å². The number of benzene rings is 1. The summed E-state index contributed by atoms with van der Waals surface area (Å²) in [5.41, 5.74) is 3.91. The second-order valence-corrected chi connectivity index (χ2v) is 4.64. The lowest BCUT2D eigenvalue weighted by molar-refractivity contribution is 0.275. The van der Waals surface area contributed by atoms with Crippen LogP contribution < -0.4 is 10.8 Å². The van der Waals surface area contributed by atoms with Gasteiger partial charge in [-0.1, -0.05) is 6.07 Å². The van der Waals surface area contributed by atoms with Gasteiger partial charge < -0.3 is 15.0 Å². The van der Waals surface area contributed by atoms with E-state index in [1.807, 2.05) is 18.2 Å². The highest BCUT2D eigenvalue weighted by atomic mass is 16.5. The Kier molecular flexibility index (Phi) is 3.14. The van der Waals surface area contributed by atoms with Crippen LogP contribution in [0, 0.1) is 18.3 Å². The Hall–Kier alpha value is -2.36. The molecule has 2 aromatic rings. The highest BCUT2D eigenvalue weighted by molar-refractivity contribution is 6.61. The Balaban J connectivity index is 1.85. The van der Waals surface area contributed by atoms with Crippen LogP contribution in [-0.4, -0.2) is 17.1 Å². The molecule has 1 aliphatic heterocycles. The zero-order chi connectivity index (χ0) is 14.1. The van der Waals surface area contributed by atoms with Gasteiger partial charge in [-0.15, -0.1) is 0 Å². The average molecular weight is 265 g/mol. The van der Waals surface area contributed by atoms with E-state index in [0.29, 0.717) is 23.7 Å². The smallest absolute Gasteiger partial charge is 0.423 e. The van der Waals surface area contributed by atoms with Crippen LogP contribution in [0.3, 0.4) is 0 Å². The molecule has 0 atom stereocenters. The Bertz CT molecular complexity index is 712. The summed E-state index contributed by atoms with van der Waals surface area (Å²) in [4.78, 5) is 4.33. The van der Waals surface area contributed by atoms with E-state index >= 15 is 0 Å². The number of hydrogen-bond donors (Lipinski definition) is 2. The highest BCUT2D eigenvalue weighted by Gasteiger charge is 2.26. The number of nitriles is 1. The molecule has 0 bridgehead atoms. The fourth-order valence-electron chi connectivity index (χ4n) is 2.20. The van der Waals surface area contributed by atoms with Gasteiger partial charge in [0.1, 0.15) is 11.9 Å². The molecule has 2 N–H and O–H groups in total. The number of anilines is 2. The fraction of sp³-hybridized carbons (Fsp3) is 0.143. The minimum Gasteiger partial charge on any atom is -0.423 e. The molecule has 0 aliphatic carbocycles. The van der Waals surface area contributed by atoms with E-state index in [4.69, 9.17) is 9.92 Å². The molecule has 0 amide bonds. The van der Waals surface area contributed by atoms with E-state index in [0.717, 1.165) is 16.7 Å². The van der Waals surface area contributed by atoms with Gasteiger partial charge in [-0.3, -0.25) is 0 Å². The number of fused-ring (bicyclic) bond motifs is 1. The van der Waals surface area contributed by atoms with Crippen molar-refractivity contribution < 1.29 is 9.68 Å². The fourth-order valence-corrected chi connectivity index (χ4v) is 2.20. The van der Waals surface area contributed by atoms with Gasteiger partial charge in [-0.2, -0.15) is 5.26 Å². The first-order valence-corrected chi connectivity index (χ1v) is 6.24. The molecule has 20 heavy (non-hydrogen) atoms. The normalized spacial score (nSPS) is 12.9.